The highest BCUT2D eigenvalue weighted by Gasteiger charge is 2.22. The van der Waals surface area contributed by atoms with Gasteiger partial charge in [0, 0.05) is 25.7 Å². The molecule has 0 aromatic carbocycles. The lowest BCUT2D eigenvalue weighted by Gasteiger charge is -2.18. The van der Waals surface area contributed by atoms with Crippen LogP contribution in [0.15, 0.2) is 0 Å². The molecule has 0 spiro atoms. The van der Waals surface area contributed by atoms with Crippen molar-refractivity contribution in [3.63, 3.8) is 0 Å². The average molecular weight is 1240 g/mol. The maximum atomic E-state index is 12.9. The van der Waals surface area contributed by atoms with Crippen LogP contribution in [0.2, 0.25) is 0 Å². The molecule has 14 nitrogen and oxygen atoms in total. The molecule has 0 fully saturated rings. The fourth-order valence-corrected chi connectivity index (χ4v) is 10.9. The molecule has 87 heavy (non-hydrogen) atoms. The minimum absolute atomic E-state index is 0.0372. The summed E-state index contributed by atoms with van der Waals surface area (Å²) in [6.45, 7) is 9.38. The van der Waals surface area contributed by atoms with Crippen molar-refractivity contribution in [2.24, 2.45) is 5.92 Å². The van der Waals surface area contributed by atoms with E-state index in [1.165, 1.54) is 205 Å². The van der Waals surface area contributed by atoms with Crippen LogP contribution in [0.3, 0.4) is 0 Å². The third-order valence-corrected chi connectivity index (χ3v) is 16.4. The summed E-state index contributed by atoms with van der Waals surface area (Å²) in [5.74, 6) is -2.19. The zero-order chi connectivity index (χ0) is 63.6. The molecule has 0 aliphatic carbocycles. The Morgan fingerprint density at radius 1 is 0.253 bits per heavy atom. The first-order valence-electron chi connectivity index (χ1n) is 36.7. The standard InChI is InChI=1S/C73H136O14/c1-6-10-13-16-19-22-25-28-31-37-42-47-53-68(74)82-59-66(86-70(76)55-49-44-39-32-29-26-23-20-17-14-11-7-2)61-84-72(78)63-80-57-58-81-64-73(79)85-62-67(87-71(77)56-50-45-40-33-30-27-24-21-18-15-12-8-3)60-83-69(75)54-48-43-38-35-34-36-41-46-52-65(5)51-9-4/h65-67H,6-64H2,1-5H3. The molecule has 0 saturated carbocycles. The smallest absolute Gasteiger partial charge is 0.332 e. The van der Waals surface area contributed by atoms with Crippen molar-refractivity contribution in [1.29, 1.82) is 0 Å². The summed E-state index contributed by atoms with van der Waals surface area (Å²) in [6, 6.07) is 0. The molecule has 512 valence electrons. The van der Waals surface area contributed by atoms with Gasteiger partial charge >= 0.3 is 35.8 Å². The molecule has 0 aromatic heterocycles. The predicted octanol–water partition coefficient (Wildman–Crippen LogP) is 19.6. The van der Waals surface area contributed by atoms with E-state index < -0.39 is 49.3 Å². The molecule has 0 heterocycles. The van der Waals surface area contributed by atoms with E-state index in [1.54, 1.807) is 0 Å². The summed E-state index contributed by atoms with van der Waals surface area (Å²) in [5.41, 5.74) is 0. The van der Waals surface area contributed by atoms with Gasteiger partial charge in [-0.2, -0.15) is 0 Å². The van der Waals surface area contributed by atoms with E-state index in [1.807, 2.05) is 0 Å². The number of carbonyl (C=O) groups excluding carboxylic acids is 6. The second-order valence-corrected chi connectivity index (χ2v) is 25.2. The number of hydrogen-bond donors (Lipinski definition) is 0. The minimum atomic E-state index is -0.958. The van der Waals surface area contributed by atoms with Crippen LogP contribution in [-0.2, 0) is 66.7 Å². The molecule has 0 aliphatic heterocycles. The van der Waals surface area contributed by atoms with E-state index in [9.17, 15) is 28.8 Å². The Labute approximate surface area is 533 Å². The summed E-state index contributed by atoms with van der Waals surface area (Å²) in [5, 5.41) is 0. The van der Waals surface area contributed by atoms with Crippen LogP contribution in [-0.4, -0.2) is 101 Å². The van der Waals surface area contributed by atoms with E-state index in [0.29, 0.717) is 12.8 Å². The van der Waals surface area contributed by atoms with Gasteiger partial charge in [-0.05, 0) is 31.6 Å². The van der Waals surface area contributed by atoms with Gasteiger partial charge in [-0.1, -0.05) is 311 Å². The van der Waals surface area contributed by atoms with Crippen LogP contribution in [0.1, 0.15) is 362 Å². The summed E-state index contributed by atoms with van der Waals surface area (Å²) in [6.07, 6.45) is 54.6. The van der Waals surface area contributed by atoms with Crippen molar-refractivity contribution < 1.29 is 66.7 Å². The molecular weight excluding hydrogens is 1100 g/mol. The van der Waals surface area contributed by atoms with Crippen LogP contribution in [0.4, 0.5) is 0 Å². The van der Waals surface area contributed by atoms with Crippen LogP contribution < -0.4 is 0 Å². The monoisotopic (exact) mass is 1240 g/mol. The Bertz CT molecular complexity index is 1560. The second-order valence-electron chi connectivity index (χ2n) is 25.2. The summed E-state index contributed by atoms with van der Waals surface area (Å²) in [4.78, 5) is 76.7. The second kappa shape index (κ2) is 67.1. The number of unbranched alkanes of at least 4 members (excludes halogenated alkanes) is 40. The molecule has 14 heteroatoms. The van der Waals surface area contributed by atoms with Crippen LogP contribution in [0.5, 0.6) is 0 Å². The number of hydrogen-bond acceptors (Lipinski definition) is 14. The topological polar surface area (TPSA) is 176 Å². The Kier molecular flexibility index (Phi) is 64.6. The highest BCUT2D eigenvalue weighted by Crippen LogP contribution is 2.19. The van der Waals surface area contributed by atoms with E-state index in [0.717, 1.165) is 89.4 Å². The van der Waals surface area contributed by atoms with Crippen LogP contribution in [0, 0.1) is 5.92 Å². The van der Waals surface area contributed by atoms with Crippen LogP contribution >= 0.6 is 0 Å². The van der Waals surface area contributed by atoms with E-state index in [4.69, 9.17) is 37.9 Å². The highest BCUT2D eigenvalue weighted by atomic mass is 16.6. The minimum Gasteiger partial charge on any atom is -0.462 e. The van der Waals surface area contributed by atoms with Crippen molar-refractivity contribution in [2.45, 2.75) is 374 Å². The lowest BCUT2D eigenvalue weighted by Crippen LogP contribution is -2.32. The van der Waals surface area contributed by atoms with E-state index in [2.05, 4.69) is 34.6 Å². The molecule has 3 unspecified atom stereocenters. The fourth-order valence-electron chi connectivity index (χ4n) is 10.9. The van der Waals surface area contributed by atoms with Crippen LogP contribution in [0.25, 0.3) is 0 Å². The van der Waals surface area contributed by atoms with Gasteiger partial charge in [0.25, 0.3) is 0 Å². The molecule has 0 aromatic rings. The van der Waals surface area contributed by atoms with Gasteiger partial charge in [0.05, 0.1) is 13.2 Å². The van der Waals surface area contributed by atoms with Gasteiger partial charge < -0.3 is 37.9 Å². The maximum Gasteiger partial charge on any atom is 0.332 e. The fraction of sp³-hybridized carbons (Fsp3) is 0.918. The molecule has 3 atom stereocenters. The number of rotatable bonds is 69. The molecular formula is C73H136O14. The Morgan fingerprint density at radius 3 is 0.747 bits per heavy atom. The Morgan fingerprint density at radius 2 is 0.483 bits per heavy atom. The lowest BCUT2D eigenvalue weighted by atomic mass is 9.98. The number of esters is 6. The van der Waals surface area contributed by atoms with Gasteiger partial charge in [-0.3, -0.25) is 19.2 Å². The number of ether oxygens (including phenoxy) is 8. The summed E-state index contributed by atoms with van der Waals surface area (Å²) < 4.78 is 44.0. The summed E-state index contributed by atoms with van der Waals surface area (Å²) in [7, 11) is 0. The van der Waals surface area contributed by atoms with Gasteiger partial charge in [0.2, 0.25) is 0 Å². The van der Waals surface area contributed by atoms with Crippen molar-refractivity contribution >= 4 is 35.8 Å². The zero-order valence-corrected chi connectivity index (χ0v) is 57.2. The van der Waals surface area contributed by atoms with Gasteiger partial charge in [0.15, 0.2) is 12.2 Å². The molecule has 0 aliphatic rings. The van der Waals surface area contributed by atoms with Crippen molar-refractivity contribution in [3.8, 4) is 0 Å². The highest BCUT2D eigenvalue weighted by molar-refractivity contribution is 5.72. The molecule has 0 rings (SSSR count). The Balaban J connectivity index is 4.92. The first kappa shape index (κ1) is 83.7. The van der Waals surface area contributed by atoms with Gasteiger partial charge in [0.1, 0.15) is 39.6 Å². The Hall–Kier alpha value is -3.26. The predicted molar refractivity (Wildman–Crippen MR) is 353 cm³/mol. The van der Waals surface area contributed by atoms with E-state index in [-0.39, 0.29) is 77.3 Å². The maximum absolute atomic E-state index is 12.9. The third kappa shape index (κ3) is 64.1. The van der Waals surface area contributed by atoms with Crippen molar-refractivity contribution in [2.75, 3.05) is 52.9 Å². The van der Waals surface area contributed by atoms with E-state index >= 15 is 0 Å². The van der Waals surface area contributed by atoms with Gasteiger partial charge in [-0.25, -0.2) is 9.59 Å². The van der Waals surface area contributed by atoms with Crippen molar-refractivity contribution in [1.82, 2.24) is 0 Å². The molecule has 0 amide bonds. The third-order valence-electron chi connectivity index (χ3n) is 16.4. The molecule has 0 bridgehead atoms. The van der Waals surface area contributed by atoms with Gasteiger partial charge in [-0.15, -0.1) is 0 Å². The largest absolute Gasteiger partial charge is 0.462 e. The lowest BCUT2D eigenvalue weighted by molar-refractivity contribution is -0.169. The molecule has 0 radical (unpaired) electrons. The summed E-state index contributed by atoms with van der Waals surface area (Å²) >= 11 is 0. The van der Waals surface area contributed by atoms with Crippen molar-refractivity contribution in [3.05, 3.63) is 0 Å². The quantitative estimate of drug-likeness (QED) is 0.0319. The molecule has 0 saturated heterocycles. The first-order valence-corrected chi connectivity index (χ1v) is 36.7. The first-order chi connectivity index (χ1) is 42.5. The zero-order valence-electron chi connectivity index (χ0n) is 57.2. The number of carbonyl (C=O) groups is 6. The SMILES string of the molecule is CCCCCCCCCCCCCCC(=O)OCC(COC(=O)COCCOCC(=O)OCC(COC(=O)CCCCCCCCCCC(C)CCC)OC(=O)CCCCCCCCCCCCCC)OC(=O)CCCCCCCCCCCCCC. The molecule has 0 N–H and O–H groups in total. The normalized spacial score (nSPS) is 12.4. The average Bonchev–Trinajstić information content (AvgIpc) is 3.55.